The van der Waals surface area contributed by atoms with Crippen molar-refractivity contribution in [3.8, 4) is 11.8 Å². The molecule has 1 spiro atoms. The van der Waals surface area contributed by atoms with E-state index in [-0.39, 0.29) is 5.41 Å². The van der Waals surface area contributed by atoms with Crippen LogP contribution in [0.3, 0.4) is 0 Å². The Kier molecular flexibility index (Phi) is 6.18. The zero-order valence-corrected chi connectivity index (χ0v) is 25.3. The third kappa shape index (κ3) is 4.00. The molecule has 5 unspecified atom stereocenters. The van der Waals surface area contributed by atoms with Crippen LogP contribution in [0.5, 0.6) is 5.75 Å². The number of fused-ring (bicyclic) bond motifs is 9. The smallest absolute Gasteiger partial charge is 0.169 e. The van der Waals surface area contributed by atoms with Crippen molar-refractivity contribution in [2.75, 3.05) is 0 Å². The number of amidine groups is 2. The lowest BCUT2D eigenvalue weighted by atomic mass is 9.58. The highest BCUT2D eigenvalue weighted by molar-refractivity contribution is 6.16. The second-order valence-electron chi connectivity index (χ2n) is 12.7. The van der Waals surface area contributed by atoms with Gasteiger partial charge in [-0.3, -0.25) is 0 Å². The van der Waals surface area contributed by atoms with Crippen LogP contribution >= 0.6 is 0 Å². The van der Waals surface area contributed by atoms with Gasteiger partial charge in [0, 0.05) is 27.7 Å². The fraction of sp³-hybridized carbons (Fsp3) is 0.195. The molecule has 0 saturated heterocycles. The van der Waals surface area contributed by atoms with E-state index in [0.29, 0.717) is 29.2 Å². The molecule has 0 radical (unpaired) electrons. The summed E-state index contributed by atoms with van der Waals surface area (Å²) in [5, 5.41) is 13.0. The molecule has 3 aromatic carbocycles. The van der Waals surface area contributed by atoms with Crippen LogP contribution in [0.1, 0.15) is 46.8 Å². The predicted octanol–water partition coefficient (Wildman–Crippen LogP) is 8.02. The molecule has 0 bridgehead atoms. The summed E-state index contributed by atoms with van der Waals surface area (Å²) in [6.07, 6.45) is 24.9. The van der Waals surface area contributed by atoms with E-state index in [1.54, 1.807) is 0 Å². The largest absolute Gasteiger partial charge is 0.457 e. The van der Waals surface area contributed by atoms with E-state index in [4.69, 9.17) is 14.7 Å². The molecule has 2 heterocycles. The van der Waals surface area contributed by atoms with Crippen molar-refractivity contribution >= 4 is 11.7 Å². The van der Waals surface area contributed by atoms with Gasteiger partial charge in [-0.1, -0.05) is 97.1 Å². The first kappa shape index (κ1) is 26.9. The summed E-state index contributed by atoms with van der Waals surface area (Å²) in [4.78, 5) is 10.2. The van der Waals surface area contributed by atoms with E-state index in [0.717, 1.165) is 52.7 Å². The summed E-state index contributed by atoms with van der Waals surface area (Å²) in [6, 6.07) is 26.6. The maximum absolute atomic E-state index is 9.37. The van der Waals surface area contributed by atoms with Crippen LogP contribution in [0.2, 0.25) is 0 Å². The lowest BCUT2D eigenvalue weighted by Crippen LogP contribution is -2.44. The Morgan fingerprint density at radius 3 is 2.13 bits per heavy atom. The number of rotatable bonds is 3. The Hall–Kier alpha value is -5.47. The number of nitrogens with one attached hydrogen (secondary N) is 1. The molecule has 1 N–H and O–H groups in total. The molecule has 9 rings (SSSR count). The molecule has 0 aromatic heterocycles. The maximum Gasteiger partial charge on any atom is 0.169 e. The zero-order chi connectivity index (χ0) is 30.7. The van der Waals surface area contributed by atoms with Gasteiger partial charge in [-0.05, 0) is 78.5 Å². The van der Waals surface area contributed by atoms with Crippen molar-refractivity contribution in [1.29, 1.82) is 5.26 Å². The first-order valence-electron chi connectivity index (χ1n) is 16.2. The fourth-order valence-corrected chi connectivity index (χ4v) is 8.53. The minimum atomic E-state index is -0.450. The quantitative estimate of drug-likeness (QED) is 0.333. The molecule has 6 aliphatic rings. The monoisotopic (exact) mass is 596 g/mol. The highest BCUT2D eigenvalue weighted by Gasteiger charge is 2.63. The number of ether oxygens (including phenoxy) is 1. The molecule has 222 valence electrons. The van der Waals surface area contributed by atoms with Gasteiger partial charge in [0.05, 0.1) is 11.6 Å². The van der Waals surface area contributed by atoms with Crippen molar-refractivity contribution in [2.45, 2.75) is 24.4 Å². The van der Waals surface area contributed by atoms with Gasteiger partial charge in [-0.25, -0.2) is 9.98 Å². The minimum absolute atomic E-state index is 0.272. The van der Waals surface area contributed by atoms with Gasteiger partial charge in [0.15, 0.2) is 6.17 Å². The topological polar surface area (TPSA) is 69.8 Å². The van der Waals surface area contributed by atoms with E-state index in [1.165, 1.54) is 11.1 Å². The lowest BCUT2D eigenvalue weighted by Gasteiger charge is -2.48. The van der Waals surface area contributed by atoms with E-state index in [9.17, 15) is 5.26 Å². The SMILES string of the molecule is N#Cc1ccc(C2N=C(c3ccccc3)NC(c3ccc4c(c3)C3(C5=CCCC=C5O4)C4C=CC=CC4C4C=CC=CC43)=N2)cc1. The molecular weight excluding hydrogens is 564 g/mol. The molecule has 0 amide bonds. The highest BCUT2D eigenvalue weighted by Crippen LogP contribution is 2.67. The molecule has 5 nitrogen and oxygen atoms in total. The van der Waals surface area contributed by atoms with Gasteiger partial charge >= 0.3 is 0 Å². The summed E-state index contributed by atoms with van der Waals surface area (Å²) in [6.45, 7) is 0. The van der Waals surface area contributed by atoms with Crippen LogP contribution in [0.15, 0.2) is 155 Å². The molecule has 46 heavy (non-hydrogen) atoms. The Labute approximate surface area is 269 Å². The summed E-state index contributed by atoms with van der Waals surface area (Å²) in [5.41, 5.74) is 5.82. The van der Waals surface area contributed by atoms with Crippen molar-refractivity contribution in [2.24, 2.45) is 33.7 Å². The third-order valence-electron chi connectivity index (χ3n) is 10.5. The van der Waals surface area contributed by atoms with Crippen molar-refractivity contribution in [1.82, 2.24) is 5.32 Å². The molecule has 5 heteroatoms. The zero-order valence-electron chi connectivity index (χ0n) is 25.3. The van der Waals surface area contributed by atoms with Gasteiger partial charge < -0.3 is 10.1 Å². The van der Waals surface area contributed by atoms with Crippen molar-refractivity contribution in [3.05, 3.63) is 173 Å². The van der Waals surface area contributed by atoms with Gasteiger partial charge in [-0.2, -0.15) is 5.26 Å². The number of hydrogen-bond acceptors (Lipinski definition) is 5. The van der Waals surface area contributed by atoms with Gasteiger partial charge in [0.1, 0.15) is 23.2 Å². The van der Waals surface area contributed by atoms with Crippen LogP contribution in [-0.4, -0.2) is 11.7 Å². The molecular formula is C41H32N4O. The average molecular weight is 597 g/mol. The van der Waals surface area contributed by atoms with Crippen LogP contribution in [0.4, 0.5) is 0 Å². The summed E-state index contributed by atoms with van der Waals surface area (Å²) >= 11 is 0. The van der Waals surface area contributed by atoms with E-state index >= 15 is 0 Å². The molecule has 1 saturated carbocycles. The van der Waals surface area contributed by atoms with Crippen LogP contribution in [-0.2, 0) is 5.41 Å². The first-order chi connectivity index (χ1) is 22.7. The van der Waals surface area contributed by atoms with Crippen molar-refractivity contribution in [3.63, 3.8) is 0 Å². The second-order valence-corrected chi connectivity index (χ2v) is 12.7. The standard InChI is InChI=1S/C41H32N4O/c42-25-26-18-20-28(21-19-26)39-43-38(27-10-2-1-3-11-27)44-40(45-39)29-22-23-37-35(24-29)41(34-16-8-9-17-36(34)46-37)32-14-6-4-12-30(32)31-13-5-7-15-33(31)41/h1-7,10-24,30-33,39H,8-9H2,(H,43,44,45). The first-order valence-corrected chi connectivity index (χ1v) is 16.2. The Morgan fingerprint density at radius 2 is 1.41 bits per heavy atom. The Bertz CT molecular complexity index is 2000. The summed E-state index contributed by atoms with van der Waals surface area (Å²) in [5.74, 6) is 4.87. The average Bonchev–Trinajstić information content (AvgIpc) is 3.42. The normalized spacial score (nSPS) is 29.5. The molecule has 4 aliphatic carbocycles. The molecule has 5 atom stereocenters. The van der Waals surface area contributed by atoms with Crippen LogP contribution in [0.25, 0.3) is 0 Å². The fourth-order valence-electron chi connectivity index (χ4n) is 8.53. The minimum Gasteiger partial charge on any atom is -0.457 e. The lowest BCUT2D eigenvalue weighted by molar-refractivity contribution is 0.280. The number of nitrogens with zero attached hydrogens (tertiary/aromatic N) is 3. The number of aliphatic imine (C=N–C) groups is 2. The Balaban J connectivity index is 1.22. The number of benzene rings is 3. The predicted molar refractivity (Wildman–Crippen MR) is 181 cm³/mol. The number of hydrogen-bond donors (Lipinski definition) is 1. The maximum atomic E-state index is 9.37. The van der Waals surface area contributed by atoms with Crippen LogP contribution in [0, 0.1) is 35.0 Å². The van der Waals surface area contributed by atoms with E-state index < -0.39 is 6.17 Å². The van der Waals surface area contributed by atoms with E-state index in [1.807, 2.05) is 42.5 Å². The molecule has 3 aromatic rings. The molecule has 1 fully saturated rings. The van der Waals surface area contributed by atoms with Gasteiger partial charge in [-0.15, -0.1) is 0 Å². The second kappa shape index (κ2) is 10.6. The van der Waals surface area contributed by atoms with Gasteiger partial charge in [0.2, 0.25) is 0 Å². The van der Waals surface area contributed by atoms with E-state index in [2.05, 4.69) is 102 Å². The highest BCUT2D eigenvalue weighted by atomic mass is 16.5. The summed E-state index contributed by atoms with van der Waals surface area (Å²) < 4.78 is 6.73. The van der Waals surface area contributed by atoms with Gasteiger partial charge in [0.25, 0.3) is 0 Å². The number of nitriles is 1. The Morgan fingerprint density at radius 1 is 0.739 bits per heavy atom. The third-order valence-corrected chi connectivity index (χ3v) is 10.5. The van der Waals surface area contributed by atoms with Crippen LogP contribution < -0.4 is 10.1 Å². The molecule has 2 aliphatic heterocycles. The number of allylic oxidation sites excluding steroid dienone is 11. The van der Waals surface area contributed by atoms with Crippen molar-refractivity contribution < 1.29 is 4.74 Å². The summed E-state index contributed by atoms with van der Waals surface area (Å²) in [7, 11) is 0.